The monoisotopic (exact) mass is 284 g/mol. The van der Waals surface area contributed by atoms with Gasteiger partial charge >= 0.3 is 6.09 Å². The SMILES string of the molecule is CC(=O)NC1(C(=O)NNC2CCCCN2C(=O)O)CC1. The van der Waals surface area contributed by atoms with Crippen molar-refractivity contribution in [1.29, 1.82) is 0 Å². The van der Waals surface area contributed by atoms with Gasteiger partial charge in [0.15, 0.2) is 0 Å². The Morgan fingerprint density at radius 3 is 2.50 bits per heavy atom. The van der Waals surface area contributed by atoms with Crippen molar-refractivity contribution in [2.24, 2.45) is 0 Å². The number of carbonyl (C=O) groups is 3. The first kappa shape index (κ1) is 14.6. The number of amides is 3. The number of hydrogen-bond acceptors (Lipinski definition) is 4. The fourth-order valence-corrected chi connectivity index (χ4v) is 2.45. The number of piperidine rings is 1. The van der Waals surface area contributed by atoms with E-state index in [0.29, 0.717) is 25.8 Å². The maximum Gasteiger partial charge on any atom is 0.408 e. The molecular formula is C12H20N4O4. The highest BCUT2D eigenvalue weighted by Gasteiger charge is 2.51. The summed E-state index contributed by atoms with van der Waals surface area (Å²) in [4.78, 5) is 35.4. The van der Waals surface area contributed by atoms with Crippen LogP contribution in [0.4, 0.5) is 4.79 Å². The number of rotatable bonds is 4. The van der Waals surface area contributed by atoms with Crippen molar-refractivity contribution in [3.63, 3.8) is 0 Å². The van der Waals surface area contributed by atoms with Crippen molar-refractivity contribution in [2.45, 2.75) is 50.7 Å². The van der Waals surface area contributed by atoms with E-state index in [-0.39, 0.29) is 11.8 Å². The van der Waals surface area contributed by atoms with Crippen molar-refractivity contribution in [1.82, 2.24) is 21.1 Å². The third kappa shape index (κ3) is 3.19. The predicted octanol–water partition coefficient (Wildman–Crippen LogP) is -0.234. The maximum atomic E-state index is 12.0. The van der Waals surface area contributed by atoms with E-state index in [1.807, 2.05) is 0 Å². The molecule has 2 aliphatic rings. The van der Waals surface area contributed by atoms with Gasteiger partial charge in [0.2, 0.25) is 5.91 Å². The third-order valence-electron chi connectivity index (χ3n) is 3.70. The fourth-order valence-electron chi connectivity index (χ4n) is 2.45. The first-order valence-corrected chi connectivity index (χ1v) is 6.79. The molecule has 1 unspecified atom stereocenters. The molecule has 8 nitrogen and oxygen atoms in total. The topological polar surface area (TPSA) is 111 Å². The third-order valence-corrected chi connectivity index (χ3v) is 3.70. The molecule has 0 aromatic heterocycles. The normalized spacial score (nSPS) is 23.9. The molecule has 0 bridgehead atoms. The summed E-state index contributed by atoms with van der Waals surface area (Å²) in [6.45, 7) is 1.83. The van der Waals surface area contributed by atoms with Crippen LogP contribution in [0.2, 0.25) is 0 Å². The molecule has 8 heteroatoms. The summed E-state index contributed by atoms with van der Waals surface area (Å²) in [5.41, 5.74) is 4.49. The molecule has 20 heavy (non-hydrogen) atoms. The van der Waals surface area contributed by atoms with Gasteiger partial charge in [0.25, 0.3) is 5.91 Å². The number of hydrazine groups is 1. The zero-order chi connectivity index (χ0) is 14.8. The van der Waals surface area contributed by atoms with E-state index in [0.717, 1.165) is 12.8 Å². The van der Waals surface area contributed by atoms with Gasteiger partial charge in [0.05, 0.1) is 0 Å². The Balaban J connectivity index is 1.86. The minimum Gasteiger partial charge on any atom is -0.465 e. The van der Waals surface area contributed by atoms with E-state index in [4.69, 9.17) is 5.11 Å². The second-order valence-electron chi connectivity index (χ2n) is 5.35. The molecule has 1 aliphatic carbocycles. The first-order valence-electron chi connectivity index (χ1n) is 6.79. The van der Waals surface area contributed by atoms with Crippen LogP contribution in [0, 0.1) is 0 Å². The number of carbonyl (C=O) groups excluding carboxylic acids is 2. The Hall–Kier alpha value is -1.83. The summed E-state index contributed by atoms with van der Waals surface area (Å²) in [6, 6.07) is 0. The molecule has 1 saturated heterocycles. The molecule has 1 aliphatic heterocycles. The summed E-state index contributed by atoms with van der Waals surface area (Å²) in [7, 11) is 0. The van der Waals surface area contributed by atoms with Crippen LogP contribution in [0.25, 0.3) is 0 Å². The van der Waals surface area contributed by atoms with Crippen molar-refractivity contribution >= 4 is 17.9 Å². The van der Waals surface area contributed by atoms with Gasteiger partial charge in [0, 0.05) is 13.5 Å². The van der Waals surface area contributed by atoms with Crippen LogP contribution in [0.15, 0.2) is 0 Å². The van der Waals surface area contributed by atoms with Gasteiger partial charge in [-0.3, -0.25) is 19.9 Å². The largest absolute Gasteiger partial charge is 0.465 e. The van der Waals surface area contributed by atoms with E-state index in [2.05, 4.69) is 16.2 Å². The van der Waals surface area contributed by atoms with Gasteiger partial charge in [-0.15, -0.1) is 0 Å². The summed E-state index contributed by atoms with van der Waals surface area (Å²) in [6.07, 6.45) is 2.18. The van der Waals surface area contributed by atoms with Gasteiger partial charge in [0.1, 0.15) is 11.7 Å². The van der Waals surface area contributed by atoms with Gasteiger partial charge < -0.3 is 10.4 Å². The smallest absolute Gasteiger partial charge is 0.408 e. The highest BCUT2D eigenvalue weighted by atomic mass is 16.4. The lowest BCUT2D eigenvalue weighted by Crippen LogP contribution is -2.60. The van der Waals surface area contributed by atoms with Crippen LogP contribution < -0.4 is 16.2 Å². The Kier molecular flexibility index (Phi) is 4.12. The lowest BCUT2D eigenvalue weighted by atomic mass is 10.1. The number of carboxylic acid groups (broad SMARTS) is 1. The molecule has 0 aromatic rings. The standard InChI is InChI=1S/C12H20N4O4/c1-8(17)13-12(5-6-12)10(18)15-14-9-4-2-3-7-16(9)11(19)20/h9,14H,2-7H2,1H3,(H,13,17)(H,15,18)(H,19,20). The molecule has 1 atom stereocenters. The van der Waals surface area contributed by atoms with Crippen molar-refractivity contribution in [2.75, 3.05) is 6.54 Å². The quantitative estimate of drug-likeness (QED) is 0.533. The second kappa shape index (κ2) is 5.66. The highest BCUT2D eigenvalue weighted by molar-refractivity contribution is 5.93. The first-order chi connectivity index (χ1) is 9.44. The molecule has 3 amide bonds. The number of likely N-dealkylation sites (tertiary alicyclic amines) is 1. The van der Waals surface area contributed by atoms with Crippen LogP contribution in [0.1, 0.15) is 39.0 Å². The Morgan fingerprint density at radius 1 is 1.25 bits per heavy atom. The van der Waals surface area contributed by atoms with Crippen molar-refractivity contribution in [3.8, 4) is 0 Å². The highest BCUT2D eigenvalue weighted by Crippen LogP contribution is 2.35. The molecule has 2 fully saturated rings. The summed E-state index contributed by atoms with van der Waals surface area (Å²) in [5.74, 6) is -0.564. The molecule has 0 radical (unpaired) electrons. The van der Waals surface area contributed by atoms with Crippen LogP contribution in [0.3, 0.4) is 0 Å². The Bertz CT molecular complexity index is 422. The lowest BCUT2D eigenvalue weighted by Gasteiger charge is -2.34. The van der Waals surface area contributed by atoms with E-state index in [1.54, 1.807) is 0 Å². The molecule has 0 aromatic carbocycles. The summed E-state index contributed by atoms with van der Waals surface area (Å²) < 4.78 is 0. The Morgan fingerprint density at radius 2 is 1.95 bits per heavy atom. The van der Waals surface area contributed by atoms with Gasteiger partial charge in [-0.1, -0.05) is 0 Å². The van der Waals surface area contributed by atoms with E-state index in [9.17, 15) is 14.4 Å². The predicted molar refractivity (Wildman–Crippen MR) is 69.4 cm³/mol. The summed E-state index contributed by atoms with van der Waals surface area (Å²) >= 11 is 0. The van der Waals surface area contributed by atoms with E-state index < -0.39 is 17.8 Å². The molecule has 4 N–H and O–H groups in total. The minimum atomic E-state index is -1.00. The summed E-state index contributed by atoms with van der Waals surface area (Å²) in [5, 5.41) is 11.7. The van der Waals surface area contributed by atoms with Crippen LogP contribution in [0.5, 0.6) is 0 Å². The van der Waals surface area contributed by atoms with E-state index >= 15 is 0 Å². The van der Waals surface area contributed by atoms with Crippen molar-refractivity contribution in [3.05, 3.63) is 0 Å². The zero-order valence-corrected chi connectivity index (χ0v) is 11.4. The number of nitrogens with one attached hydrogen (secondary N) is 3. The fraction of sp³-hybridized carbons (Fsp3) is 0.750. The lowest BCUT2D eigenvalue weighted by molar-refractivity contribution is -0.130. The van der Waals surface area contributed by atoms with Crippen LogP contribution >= 0.6 is 0 Å². The average molecular weight is 284 g/mol. The molecular weight excluding hydrogens is 264 g/mol. The van der Waals surface area contributed by atoms with Gasteiger partial charge in [-0.25, -0.2) is 10.2 Å². The Labute approximate surface area is 116 Å². The number of hydrogen-bond donors (Lipinski definition) is 4. The number of nitrogens with zero attached hydrogens (tertiary/aromatic N) is 1. The van der Waals surface area contributed by atoms with Crippen molar-refractivity contribution < 1.29 is 19.5 Å². The molecule has 2 rings (SSSR count). The zero-order valence-electron chi connectivity index (χ0n) is 11.4. The molecule has 112 valence electrons. The van der Waals surface area contributed by atoms with Gasteiger partial charge in [-0.2, -0.15) is 0 Å². The van der Waals surface area contributed by atoms with Gasteiger partial charge in [-0.05, 0) is 32.1 Å². The van der Waals surface area contributed by atoms with Crippen LogP contribution in [-0.2, 0) is 9.59 Å². The molecule has 1 saturated carbocycles. The van der Waals surface area contributed by atoms with E-state index in [1.165, 1.54) is 11.8 Å². The van der Waals surface area contributed by atoms with Crippen LogP contribution in [-0.4, -0.2) is 46.2 Å². The molecule has 0 spiro atoms. The molecule has 1 heterocycles. The second-order valence-corrected chi connectivity index (χ2v) is 5.35. The maximum absolute atomic E-state index is 12.0. The average Bonchev–Trinajstić information content (AvgIpc) is 3.16. The minimum absolute atomic E-state index is 0.248.